The van der Waals surface area contributed by atoms with Crippen LogP contribution in [0.2, 0.25) is 0 Å². The van der Waals surface area contributed by atoms with E-state index in [2.05, 4.69) is 0 Å². The molecule has 1 atom stereocenters. The molecule has 0 fully saturated rings. The molecule has 0 aliphatic rings. The maximum absolute atomic E-state index is 13.6. The third-order valence-corrected chi connectivity index (χ3v) is 5.28. The number of hydrogen-bond donors (Lipinski definition) is 0. The Bertz CT molecular complexity index is 1020. The molecular formula is C25H22NO4-. The Morgan fingerprint density at radius 3 is 1.60 bits per heavy atom. The number of nitrogens with zero attached hydrogens (tertiary/aromatic N) is 1. The van der Waals surface area contributed by atoms with Gasteiger partial charge in [0.15, 0.2) is 17.3 Å². The third kappa shape index (κ3) is 4.30. The fraction of sp³-hybridized carbons (Fsp3) is 0.160. The van der Waals surface area contributed by atoms with E-state index < -0.39 is 28.3 Å². The second kappa shape index (κ2) is 9.18. The molecule has 30 heavy (non-hydrogen) atoms. The molecule has 0 aliphatic heterocycles. The lowest BCUT2D eigenvalue weighted by atomic mass is 9.74. The van der Waals surface area contributed by atoms with Crippen molar-refractivity contribution in [2.24, 2.45) is 5.92 Å². The number of Topliss-reactive ketones (excluding diaryl/α,β-unsaturated/α-hetero) is 2. The van der Waals surface area contributed by atoms with E-state index in [4.69, 9.17) is 0 Å². The van der Waals surface area contributed by atoms with Crippen LogP contribution in [0.1, 0.15) is 44.7 Å². The molecule has 0 aromatic heterocycles. The summed E-state index contributed by atoms with van der Waals surface area (Å²) in [4.78, 5) is 26.6. The lowest BCUT2D eigenvalue weighted by molar-refractivity contribution is -0.382. The van der Waals surface area contributed by atoms with Crippen molar-refractivity contribution in [3.8, 4) is 0 Å². The molecule has 3 aromatic carbocycles. The minimum Gasteiger partial charge on any atom is -0.612 e. The SMILES string of the molecule is CC(C(c1ccccc1C)C(C(=O)c1ccccc1)C(=O)c1ccccc1)=[N+]([O-])[O-]. The summed E-state index contributed by atoms with van der Waals surface area (Å²) in [7, 11) is 0. The van der Waals surface area contributed by atoms with Crippen LogP contribution in [0.15, 0.2) is 84.9 Å². The van der Waals surface area contributed by atoms with E-state index in [-0.39, 0.29) is 5.71 Å². The van der Waals surface area contributed by atoms with Crippen molar-refractivity contribution in [2.75, 3.05) is 0 Å². The Labute approximate surface area is 175 Å². The molecule has 5 heteroatoms. The molecule has 0 N–H and O–H groups in total. The lowest BCUT2D eigenvalue weighted by Crippen LogP contribution is -2.36. The number of rotatable bonds is 7. The van der Waals surface area contributed by atoms with Crippen LogP contribution in [0.5, 0.6) is 0 Å². The summed E-state index contributed by atoms with van der Waals surface area (Å²) in [5.74, 6) is -3.10. The normalized spacial score (nSPS) is 11.7. The molecule has 0 aliphatic carbocycles. The van der Waals surface area contributed by atoms with E-state index in [9.17, 15) is 20.0 Å². The second-order valence-corrected chi connectivity index (χ2v) is 7.17. The third-order valence-electron chi connectivity index (χ3n) is 5.28. The molecule has 1 unspecified atom stereocenters. The van der Waals surface area contributed by atoms with Crippen molar-refractivity contribution in [1.82, 2.24) is 0 Å². The molecule has 0 saturated carbocycles. The monoisotopic (exact) mass is 400 g/mol. The van der Waals surface area contributed by atoms with Crippen LogP contribution in [0.3, 0.4) is 0 Å². The molecule has 0 saturated heterocycles. The van der Waals surface area contributed by atoms with Gasteiger partial charge in [-0.15, -0.1) is 0 Å². The van der Waals surface area contributed by atoms with Crippen molar-refractivity contribution in [1.29, 1.82) is 0 Å². The van der Waals surface area contributed by atoms with E-state index in [1.54, 1.807) is 72.8 Å². The van der Waals surface area contributed by atoms with Crippen molar-refractivity contribution >= 4 is 17.3 Å². The van der Waals surface area contributed by atoms with E-state index in [0.717, 1.165) is 5.56 Å². The number of carbonyl (C=O) groups is 2. The first-order chi connectivity index (χ1) is 14.4. The van der Waals surface area contributed by atoms with Crippen molar-refractivity contribution in [2.45, 2.75) is 19.8 Å². The van der Waals surface area contributed by atoms with E-state index in [0.29, 0.717) is 16.7 Å². The Balaban J connectivity index is 2.24. The van der Waals surface area contributed by atoms with Gasteiger partial charge in [0.25, 0.3) is 0 Å². The average molecular weight is 400 g/mol. The molecule has 0 amide bonds. The highest BCUT2D eigenvalue weighted by Gasteiger charge is 2.41. The fourth-order valence-electron chi connectivity index (χ4n) is 3.68. The first-order valence-corrected chi connectivity index (χ1v) is 9.63. The van der Waals surface area contributed by atoms with Gasteiger partial charge in [-0.1, -0.05) is 84.9 Å². The van der Waals surface area contributed by atoms with Crippen LogP contribution < -0.4 is 0 Å². The van der Waals surface area contributed by atoms with Crippen LogP contribution in [0.25, 0.3) is 0 Å². The average Bonchev–Trinajstić information content (AvgIpc) is 2.78. The van der Waals surface area contributed by atoms with Gasteiger partial charge >= 0.3 is 0 Å². The summed E-state index contributed by atoms with van der Waals surface area (Å²) in [6.45, 7) is 3.20. The van der Waals surface area contributed by atoms with Gasteiger partial charge in [-0.25, -0.2) is 0 Å². The molecule has 0 bridgehead atoms. The maximum atomic E-state index is 13.6. The summed E-state index contributed by atoms with van der Waals surface area (Å²) < 4.78 is 0. The number of hydrogen-bond acceptors (Lipinski definition) is 4. The molecule has 0 spiro atoms. The Morgan fingerprint density at radius 2 is 1.17 bits per heavy atom. The fourth-order valence-corrected chi connectivity index (χ4v) is 3.68. The topological polar surface area (TPSA) is 83.3 Å². The van der Waals surface area contributed by atoms with Gasteiger partial charge in [-0.3, -0.25) is 9.59 Å². The zero-order valence-corrected chi connectivity index (χ0v) is 16.8. The molecule has 152 valence electrons. The van der Waals surface area contributed by atoms with Gasteiger partial charge in [-0.2, -0.15) is 4.90 Å². The highest BCUT2D eigenvalue weighted by Crippen LogP contribution is 2.34. The number of carbonyl (C=O) groups excluding carboxylic acids is 2. The number of ketones is 2. The first-order valence-electron chi connectivity index (χ1n) is 9.63. The summed E-state index contributed by atoms with van der Waals surface area (Å²) in [6, 6.07) is 24.1. The molecule has 5 nitrogen and oxygen atoms in total. The van der Waals surface area contributed by atoms with E-state index >= 15 is 0 Å². The molecule has 3 aromatic rings. The summed E-state index contributed by atoms with van der Waals surface area (Å²) in [5, 5.41) is 23.6. The van der Waals surface area contributed by atoms with Crippen molar-refractivity contribution < 1.29 is 14.5 Å². The van der Waals surface area contributed by atoms with Gasteiger partial charge in [-0.05, 0) is 18.1 Å². The van der Waals surface area contributed by atoms with Gasteiger partial charge in [0.1, 0.15) is 5.92 Å². The smallest absolute Gasteiger partial charge is 0.181 e. The second-order valence-electron chi connectivity index (χ2n) is 7.17. The van der Waals surface area contributed by atoms with Crippen LogP contribution in [0.4, 0.5) is 0 Å². The van der Waals surface area contributed by atoms with Crippen LogP contribution >= 0.6 is 0 Å². The predicted molar refractivity (Wildman–Crippen MR) is 117 cm³/mol. The largest absolute Gasteiger partial charge is 0.612 e. The minimum absolute atomic E-state index is 0.136. The quantitative estimate of drug-likeness (QED) is 0.185. The zero-order chi connectivity index (χ0) is 21.7. The molecular weight excluding hydrogens is 378 g/mol. The Kier molecular flexibility index (Phi) is 6.42. The first kappa shape index (κ1) is 21.0. The Hall–Kier alpha value is -3.73. The summed E-state index contributed by atoms with van der Waals surface area (Å²) in [5.41, 5.74) is 1.95. The van der Waals surface area contributed by atoms with E-state index in [1.165, 1.54) is 6.92 Å². The molecule has 0 heterocycles. The summed E-state index contributed by atoms with van der Waals surface area (Å²) in [6.07, 6.45) is 0. The maximum Gasteiger partial charge on any atom is 0.181 e. The summed E-state index contributed by atoms with van der Waals surface area (Å²) >= 11 is 0. The minimum atomic E-state index is -1.25. The Morgan fingerprint density at radius 1 is 0.733 bits per heavy atom. The van der Waals surface area contributed by atoms with Crippen LogP contribution in [-0.2, 0) is 0 Å². The molecule has 3 rings (SSSR count). The van der Waals surface area contributed by atoms with Crippen molar-refractivity contribution in [3.05, 3.63) is 118 Å². The van der Waals surface area contributed by atoms with Crippen LogP contribution in [-0.4, -0.2) is 22.2 Å². The van der Waals surface area contributed by atoms with Gasteiger partial charge in [0, 0.05) is 18.1 Å². The molecule has 0 radical (unpaired) electrons. The highest BCUT2D eigenvalue weighted by atomic mass is 16.8. The van der Waals surface area contributed by atoms with Crippen LogP contribution in [0, 0.1) is 23.3 Å². The lowest BCUT2D eigenvalue weighted by Gasteiger charge is -2.27. The zero-order valence-electron chi connectivity index (χ0n) is 16.8. The van der Waals surface area contributed by atoms with Crippen molar-refractivity contribution in [3.63, 3.8) is 0 Å². The van der Waals surface area contributed by atoms with Gasteiger partial charge < -0.3 is 10.4 Å². The number of benzene rings is 3. The highest BCUT2D eigenvalue weighted by molar-refractivity contribution is 6.19. The van der Waals surface area contributed by atoms with Gasteiger partial charge in [0.2, 0.25) is 0 Å². The van der Waals surface area contributed by atoms with Gasteiger partial charge in [0.05, 0.1) is 5.92 Å². The predicted octanol–water partition coefficient (Wildman–Crippen LogP) is 4.93. The van der Waals surface area contributed by atoms with E-state index in [1.807, 2.05) is 19.1 Å². The standard InChI is InChI=1S/C25H22NO4/c1-17-11-9-10-16-21(17)22(18(2)26(29)30)23(24(27)19-12-5-3-6-13-19)25(28)20-14-7-4-8-15-20/h3-16,22-23H,1-2H3/q-1. The number of aryl methyl sites for hydroxylation is 1.